The van der Waals surface area contributed by atoms with Crippen LogP contribution >= 0.6 is 11.6 Å². The Balaban J connectivity index is 1.69. The van der Waals surface area contributed by atoms with Crippen molar-refractivity contribution in [2.24, 2.45) is 0 Å². The first kappa shape index (κ1) is 30.0. The second-order valence-electron chi connectivity index (χ2n) is 10.2. The molecule has 0 spiro atoms. The highest BCUT2D eigenvalue weighted by molar-refractivity contribution is 7.92. The van der Waals surface area contributed by atoms with Crippen molar-refractivity contribution in [3.05, 3.63) is 64.7 Å². The predicted molar refractivity (Wildman–Crippen MR) is 154 cm³/mol. The van der Waals surface area contributed by atoms with Crippen LogP contribution in [-0.2, 0) is 26.0 Å². The lowest BCUT2D eigenvalue weighted by Gasteiger charge is -2.31. The SMILES string of the molecule is Cc1c(Cl)cccc1N(CCCC(=O)N(CCc1ccccc1)[C@@H](C)C(=O)NC1CCCCC1)S(C)(=O)=O. The maximum atomic E-state index is 13.4. The van der Waals surface area contributed by atoms with Gasteiger partial charge in [0.25, 0.3) is 0 Å². The first-order valence-corrected chi connectivity index (χ1v) is 15.7. The zero-order valence-electron chi connectivity index (χ0n) is 22.7. The van der Waals surface area contributed by atoms with E-state index in [4.69, 9.17) is 11.6 Å². The fourth-order valence-corrected chi connectivity index (χ4v) is 6.17. The van der Waals surface area contributed by atoms with Gasteiger partial charge in [0.05, 0.1) is 11.9 Å². The van der Waals surface area contributed by atoms with Gasteiger partial charge in [0.2, 0.25) is 21.8 Å². The lowest BCUT2D eigenvalue weighted by Crippen LogP contribution is -2.51. The van der Waals surface area contributed by atoms with Gasteiger partial charge < -0.3 is 10.2 Å². The molecule has 0 unspecified atom stereocenters. The van der Waals surface area contributed by atoms with Crippen LogP contribution in [-0.4, -0.2) is 56.6 Å². The van der Waals surface area contributed by atoms with Crippen molar-refractivity contribution in [2.75, 3.05) is 23.7 Å². The molecule has 0 aliphatic heterocycles. The number of nitrogens with one attached hydrogen (secondary N) is 1. The van der Waals surface area contributed by atoms with Crippen LogP contribution < -0.4 is 9.62 Å². The normalized spacial score (nSPS) is 15.1. The standard InChI is InChI=1S/C29H40ClN3O4S/c1-22-26(30)16-10-17-27(22)33(38(3,36)37)20-11-18-28(34)32(21-19-24-12-6-4-7-13-24)23(2)29(35)31-25-14-8-5-9-15-25/h4,6-7,10,12-13,16-17,23,25H,5,8-9,11,14-15,18-21H2,1-3H3,(H,31,35)/t23-/m0/s1. The number of hydrogen-bond acceptors (Lipinski definition) is 4. The summed E-state index contributed by atoms with van der Waals surface area (Å²) >= 11 is 6.23. The first-order valence-electron chi connectivity index (χ1n) is 13.4. The van der Waals surface area contributed by atoms with E-state index in [1.165, 1.54) is 10.7 Å². The zero-order valence-corrected chi connectivity index (χ0v) is 24.2. The monoisotopic (exact) mass is 561 g/mol. The van der Waals surface area contributed by atoms with Gasteiger partial charge in [0.1, 0.15) is 6.04 Å². The van der Waals surface area contributed by atoms with Crippen molar-refractivity contribution < 1.29 is 18.0 Å². The maximum absolute atomic E-state index is 13.4. The fraction of sp³-hybridized carbons (Fsp3) is 0.517. The number of rotatable bonds is 12. The molecule has 1 aliphatic carbocycles. The Morgan fingerprint density at radius 2 is 1.71 bits per heavy atom. The fourth-order valence-electron chi connectivity index (χ4n) is 4.99. The average molecular weight is 562 g/mol. The van der Waals surface area contributed by atoms with Gasteiger partial charge in [-0.05, 0) is 62.8 Å². The molecule has 9 heteroatoms. The third-order valence-electron chi connectivity index (χ3n) is 7.26. The second-order valence-corrected chi connectivity index (χ2v) is 12.5. The van der Waals surface area contributed by atoms with Crippen molar-refractivity contribution in [3.63, 3.8) is 0 Å². The molecule has 0 saturated heterocycles. The summed E-state index contributed by atoms with van der Waals surface area (Å²) in [5.74, 6) is -0.297. The highest BCUT2D eigenvalue weighted by Gasteiger charge is 2.28. The summed E-state index contributed by atoms with van der Waals surface area (Å²) in [7, 11) is -3.58. The largest absolute Gasteiger partial charge is 0.352 e. The second kappa shape index (κ2) is 14.0. The van der Waals surface area contributed by atoms with E-state index in [1.54, 1.807) is 36.9 Å². The molecule has 3 rings (SSSR count). The number of carbonyl (C=O) groups is 2. The predicted octanol–water partition coefficient (Wildman–Crippen LogP) is 5.10. The number of halogens is 1. The minimum Gasteiger partial charge on any atom is -0.352 e. The van der Waals surface area contributed by atoms with E-state index in [2.05, 4.69) is 5.32 Å². The number of hydrogen-bond donors (Lipinski definition) is 1. The molecule has 2 aromatic rings. The van der Waals surface area contributed by atoms with E-state index in [0.717, 1.165) is 37.5 Å². The van der Waals surface area contributed by atoms with Crippen molar-refractivity contribution in [1.82, 2.24) is 10.2 Å². The van der Waals surface area contributed by atoms with E-state index in [-0.39, 0.29) is 30.8 Å². The number of amides is 2. The average Bonchev–Trinajstić information content (AvgIpc) is 2.89. The third-order valence-corrected chi connectivity index (χ3v) is 8.85. The molecule has 1 N–H and O–H groups in total. The van der Waals surface area contributed by atoms with Crippen molar-refractivity contribution >= 4 is 39.1 Å². The third kappa shape index (κ3) is 8.46. The van der Waals surface area contributed by atoms with Crippen LogP contribution in [0.3, 0.4) is 0 Å². The molecule has 0 radical (unpaired) electrons. The van der Waals surface area contributed by atoms with Crippen LogP contribution in [0.4, 0.5) is 5.69 Å². The summed E-state index contributed by atoms with van der Waals surface area (Å²) in [6.07, 6.45) is 7.59. The highest BCUT2D eigenvalue weighted by atomic mass is 35.5. The van der Waals surface area contributed by atoms with E-state index < -0.39 is 16.1 Å². The minimum atomic E-state index is -3.58. The van der Waals surface area contributed by atoms with E-state index >= 15 is 0 Å². The zero-order chi connectivity index (χ0) is 27.7. The molecular formula is C29H40ClN3O4S. The van der Waals surface area contributed by atoms with Gasteiger partial charge >= 0.3 is 0 Å². The Hall–Kier alpha value is -2.58. The summed E-state index contributed by atoms with van der Waals surface area (Å²) in [6, 6.07) is 14.6. The van der Waals surface area contributed by atoms with Crippen LogP contribution in [0, 0.1) is 6.92 Å². The molecular weight excluding hydrogens is 522 g/mol. The Labute approximate surface area is 232 Å². The molecule has 2 aromatic carbocycles. The highest BCUT2D eigenvalue weighted by Crippen LogP contribution is 2.28. The molecule has 0 heterocycles. The molecule has 208 valence electrons. The Morgan fingerprint density at radius 1 is 1.03 bits per heavy atom. The lowest BCUT2D eigenvalue weighted by atomic mass is 9.95. The van der Waals surface area contributed by atoms with E-state index in [0.29, 0.717) is 35.7 Å². The van der Waals surface area contributed by atoms with Gasteiger partial charge in [-0.3, -0.25) is 13.9 Å². The number of nitrogens with zero attached hydrogens (tertiary/aromatic N) is 2. The van der Waals surface area contributed by atoms with Crippen molar-refractivity contribution in [2.45, 2.75) is 77.3 Å². The molecule has 38 heavy (non-hydrogen) atoms. The van der Waals surface area contributed by atoms with Crippen LogP contribution in [0.1, 0.15) is 63.0 Å². The summed E-state index contributed by atoms with van der Waals surface area (Å²) in [5, 5.41) is 3.63. The van der Waals surface area contributed by atoms with Crippen LogP contribution in [0.15, 0.2) is 48.5 Å². The van der Waals surface area contributed by atoms with Gasteiger partial charge in [0, 0.05) is 30.6 Å². The summed E-state index contributed by atoms with van der Waals surface area (Å²) in [4.78, 5) is 28.2. The molecule has 7 nitrogen and oxygen atoms in total. The Bertz CT molecular complexity index is 1180. The van der Waals surface area contributed by atoms with Crippen LogP contribution in [0.2, 0.25) is 5.02 Å². The maximum Gasteiger partial charge on any atom is 0.242 e. The Kier molecular flexibility index (Phi) is 11.0. The van der Waals surface area contributed by atoms with Crippen LogP contribution in [0.5, 0.6) is 0 Å². The van der Waals surface area contributed by atoms with Gasteiger partial charge in [-0.15, -0.1) is 0 Å². The first-order chi connectivity index (χ1) is 18.1. The molecule has 0 bridgehead atoms. The summed E-state index contributed by atoms with van der Waals surface area (Å²) in [6.45, 7) is 4.10. The van der Waals surface area contributed by atoms with E-state index in [9.17, 15) is 18.0 Å². The number of sulfonamides is 1. The minimum absolute atomic E-state index is 0.126. The van der Waals surface area contributed by atoms with Gasteiger partial charge in [-0.25, -0.2) is 8.42 Å². The molecule has 1 aliphatic rings. The number of carbonyl (C=O) groups excluding carboxylic acids is 2. The van der Waals surface area contributed by atoms with Gasteiger partial charge in [0.15, 0.2) is 0 Å². The van der Waals surface area contributed by atoms with Gasteiger partial charge in [-0.2, -0.15) is 0 Å². The number of anilines is 1. The van der Waals surface area contributed by atoms with Crippen LogP contribution in [0.25, 0.3) is 0 Å². The lowest BCUT2D eigenvalue weighted by molar-refractivity contribution is -0.140. The quantitative estimate of drug-likeness (QED) is 0.390. The smallest absolute Gasteiger partial charge is 0.242 e. The molecule has 2 amide bonds. The molecule has 0 aromatic heterocycles. The number of benzene rings is 2. The van der Waals surface area contributed by atoms with Crippen molar-refractivity contribution in [3.8, 4) is 0 Å². The summed E-state index contributed by atoms with van der Waals surface area (Å²) in [5.41, 5.74) is 2.27. The van der Waals surface area contributed by atoms with Crippen molar-refractivity contribution in [1.29, 1.82) is 0 Å². The molecule has 1 atom stereocenters. The summed E-state index contributed by atoms with van der Waals surface area (Å²) < 4.78 is 26.5. The molecule has 1 saturated carbocycles. The van der Waals surface area contributed by atoms with Gasteiger partial charge in [-0.1, -0.05) is 67.3 Å². The van der Waals surface area contributed by atoms with E-state index in [1.807, 2.05) is 30.3 Å². The Morgan fingerprint density at radius 3 is 2.37 bits per heavy atom. The topological polar surface area (TPSA) is 86.8 Å². The molecule has 1 fully saturated rings.